The molecule has 2 aliphatic heterocycles. The number of fused-ring (bicyclic) bond motifs is 2. The minimum atomic E-state index is -1.01. The Morgan fingerprint density at radius 1 is 1.00 bits per heavy atom. The van der Waals surface area contributed by atoms with E-state index in [9.17, 15) is 9.59 Å². The Morgan fingerprint density at radius 3 is 2.67 bits per heavy atom. The van der Waals surface area contributed by atoms with E-state index in [-0.39, 0.29) is 18.5 Å². The molecular formula is C22H22N2O3. The lowest BCUT2D eigenvalue weighted by Gasteiger charge is -2.23. The van der Waals surface area contributed by atoms with Crippen LogP contribution in [0.25, 0.3) is 0 Å². The first-order valence-electron chi connectivity index (χ1n) is 9.49. The molecule has 2 aromatic carbocycles. The molecule has 0 bridgehead atoms. The number of ether oxygens (including phenoxy) is 1. The van der Waals surface area contributed by atoms with Crippen LogP contribution < -0.4 is 5.32 Å². The predicted molar refractivity (Wildman–Crippen MR) is 99.8 cm³/mol. The summed E-state index contributed by atoms with van der Waals surface area (Å²) >= 11 is 0. The molecule has 138 valence electrons. The van der Waals surface area contributed by atoms with Gasteiger partial charge in [0.1, 0.15) is 5.54 Å². The molecule has 2 aromatic rings. The van der Waals surface area contributed by atoms with E-state index in [1.807, 2.05) is 24.3 Å². The van der Waals surface area contributed by atoms with E-state index in [1.165, 1.54) is 21.6 Å². The number of nitrogens with zero attached hydrogens (tertiary/aromatic N) is 1. The third-order valence-corrected chi connectivity index (χ3v) is 6.08. The highest BCUT2D eigenvalue weighted by Crippen LogP contribution is 2.33. The molecule has 0 saturated carbocycles. The number of amides is 3. The Morgan fingerprint density at radius 2 is 1.78 bits per heavy atom. The van der Waals surface area contributed by atoms with Crippen LogP contribution >= 0.6 is 0 Å². The van der Waals surface area contributed by atoms with Crippen LogP contribution in [0.3, 0.4) is 0 Å². The fourth-order valence-corrected chi connectivity index (χ4v) is 4.43. The molecule has 2 heterocycles. The molecule has 1 saturated heterocycles. The number of benzene rings is 2. The summed E-state index contributed by atoms with van der Waals surface area (Å²) in [6, 6.07) is 11.9. The van der Waals surface area contributed by atoms with Gasteiger partial charge in [-0.3, -0.25) is 9.69 Å². The van der Waals surface area contributed by atoms with E-state index in [4.69, 9.17) is 4.74 Å². The molecule has 5 rings (SSSR count). The molecule has 3 aliphatic rings. The maximum Gasteiger partial charge on any atom is 0.325 e. The molecule has 1 aliphatic carbocycles. The van der Waals surface area contributed by atoms with Crippen molar-refractivity contribution in [3.8, 4) is 0 Å². The highest BCUT2D eigenvalue weighted by molar-refractivity contribution is 6.07. The van der Waals surface area contributed by atoms with Crippen LogP contribution in [0.1, 0.15) is 46.7 Å². The van der Waals surface area contributed by atoms with Gasteiger partial charge in [-0.2, -0.15) is 0 Å². The molecule has 0 aromatic heterocycles. The van der Waals surface area contributed by atoms with E-state index < -0.39 is 5.54 Å². The summed E-state index contributed by atoms with van der Waals surface area (Å²) in [5.74, 6) is -0.192. The molecule has 1 fully saturated rings. The van der Waals surface area contributed by atoms with Crippen LogP contribution in [-0.2, 0) is 47.7 Å². The Hall–Kier alpha value is -2.66. The van der Waals surface area contributed by atoms with Crippen molar-refractivity contribution in [2.75, 3.05) is 0 Å². The summed E-state index contributed by atoms with van der Waals surface area (Å²) in [4.78, 5) is 27.1. The van der Waals surface area contributed by atoms with Gasteiger partial charge in [0, 0.05) is 0 Å². The fraction of sp³-hybridized carbons (Fsp3) is 0.364. The largest absolute Gasteiger partial charge is 0.372 e. The van der Waals surface area contributed by atoms with Gasteiger partial charge < -0.3 is 10.1 Å². The standard InChI is InChI=1S/C22H22N2O3/c1-22(19-8-7-15-3-2-4-16(15)10-19)20(25)24(21(26)23-22)11-14-5-6-17-12-27-13-18(17)9-14/h5-10H,2-4,11-13H2,1H3,(H,23,26). The van der Waals surface area contributed by atoms with Crippen LogP contribution in [0.4, 0.5) is 4.79 Å². The summed E-state index contributed by atoms with van der Waals surface area (Å²) < 4.78 is 5.45. The van der Waals surface area contributed by atoms with Crippen LogP contribution in [0.15, 0.2) is 36.4 Å². The molecule has 5 heteroatoms. The lowest BCUT2D eigenvalue weighted by atomic mass is 9.89. The second kappa shape index (κ2) is 5.92. The number of carbonyl (C=O) groups excluding carboxylic acids is 2. The first kappa shape index (κ1) is 16.5. The molecule has 27 heavy (non-hydrogen) atoms. The van der Waals surface area contributed by atoms with Crippen molar-refractivity contribution < 1.29 is 14.3 Å². The van der Waals surface area contributed by atoms with Gasteiger partial charge in [0.2, 0.25) is 0 Å². The molecule has 1 unspecified atom stereocenters. The van der Waals surface area contributed by atoms with Gasteiger partial charge in [-0.1, -0.05) is 36.4 Å². The number of nitrogens with one attached hydrogen (secondary N) is 1. The summed E-state index contributed by atoms with van der Waals surface area (Å²) in [5, 5.41) is 2.92. The minimum Gasteiger partial charge on any atom is -0.372 e. The SMILES string of the molecule is CC1(c2ccc3c(c2)CCC3)NC(=O)N(Cc2ccc3c(c2)COC3)C1=O. The molecule has 3 amide bonds. The second-order valence-electron chi connectivity index (χ2n) is 7.88. The topological polar surface area (TPSA) is 58.6 Å². The van der Waals surface area contributed by atoms with Gasteiger partial charge in [0.15, 0.2) is 0 Å². The average Bonchev–Trinajstić information content (AvgIpc) is 3.36. The van der Waals surface area contributed by atoms with E-state index in [0.717, 1.165) is 36.0 Å². The number of rotatable bonds is 3. The molecular weight excluding hydrogens is 340 g/mol. The van der Waals surface area contributed by atoms with Crippen molar-refractivity contribution in [1.29, 1.82) is 0 Å². The normalized spacial score (nSPS) is 23.5. The molecule has 1 N–H and O–H groups in total. The summed E-state index contributed by atoms with van der Waals surface area (Å²) in [5.41, 5.74) is 5.78. The smallest absolute Gasteiger partial charge is 0.325 e. The maximum atomic E-state index is 13.2. The maximum absolute atomic E-state index is 13.2. The van der Waals surface area contributed by atoms with Crippen molar-refractivity contribution in [2.24, 2.45) is 0 Å². The molecule has 5 nitrogen and oxygen atoms in total. The Bertz CT molecular complexity index is 968. The summed E-state index contributed by atoms with van der Waals surface area (Å²) in [7, 11) is 0. The number of hydrogen-bond donors (Lipinski definition) is 1. The molecule has 0 radical (unpaired) electrons. The van der Waals surface area contributed by atoms with E-state index >= 15 is 0 Å². The van der Waals surface area contributed by atoms with Crippen LogP contribution in [-0.4, -0.2) is 16.8 Å². The third kappa shape index (κ3) is 2.57. The number of carbonyl (C=O) groups is 2. The van der Waals surface area contributed by atoms with Gasteiger partial charge in [-0.15, -0.1) is 0 Å². The molecule has 1 atom stereocenters. The number of hydrogen-bond acceptors (Lipinski definition) is 3. The third-order valence-electron chi connectivity index (χ3n) is 6.08. The summed E-state index contributed by atoms with van der Waals surface area (Å²) in [6.07, 6.45) is 3.30. The zero-order valence-electron chi connectivity index (χ0n) is 15.4. The predicted octanol–water partition coefficient (Wildman–Crippen LogP) is 3.17. The van der Waals surface area contributed by atoms with Gasteiger partial charge in [0.25, 0.3) is 5.91 Å². The quantitative estimate of drug-likeness (QED) is 0.853. The summed E-state index contributed by atoms with van der Waals surface area (Å²) in [6.45, 7) is 3.31. The number of imide groups is 1. The highest BCUT2D eigenvalue weighted by Gasteiger charge is 2.49. The van der Waals surface area contributed by atoms with Gasteiger partial charge >= 0.3 is 6.03 Å². The van der Waals surface area contributed by atoms with Crippen molar-refractivity contribution in [1.82, 2.24) is 10.2 Å². The van der Waals surface area contributed by atoms with Crippen molar-refractivity contribution in [2.45, 2.75) is 51.5 Å². The van der Waals surface area contributed by atoms with E-state index in [2.05, 4.69) is 17.4 Å². The number of aryl methyl sites for hydroxylation is 2. The van der Waals surface area contributed by atoms with Crippen LogP contribution in [0.2, 0.25) is 0 Å². The lowest BCUT2D eigenvalue weighted by molar-refractivity contribution is -0.131. The van der Waals surface area contributed by atoms with Crippen molar-refractivity contribution in [3.05, 3.63) is 69.8 Å². The van der Waals surface area contributed by atoms with Gasteiger partial charge in [0.05, 0.1) is 19.8 Å². The average molecular weight is 362 g/mol. The van der Waals surface area contributed by atoms with E-state index in [1.54, 1.807) is 6.92 Å². The number of urea groups is 1. The molecule has 0 spiro atoms. The lowest BCUT2D eigenvalue weighted by Crippen LogP contribution is -2.40. The zero-order valence-corrected chi connectivity index (χ0v) is 15.4. The van der Waals surface area contributed by atoms with E-state index in [0.29, 0.717) is 13.2 Å². The van der Waals surface area contributed by atoms with Gasteiger partial charge in [-0.25, -0.2) is 4.79 Å². The monoisotopic (exact) mass is 362 g/mol. The first-order valence-corrected chi connectivity index (χ1v) is 9.49. The first-order chi connectivity index (χ1) is 13.0. The van der Waals surface area contributed by atoms with Crippen molar-refractivity contribution in [3.63, 3.8) is 0 Å². The Balaban J connectivity index is 1.42. The fourth-order valence-electron chi connectivity index (χ4n) is 4.43. The Kier molecular flexibility index (Phi) is 3.62. The van der Waals surface area contributed by atoms with Gasteiger partial charge in [-0.05, 0) is 59.6 Å². The zero-order chi connectivity index (χ0) is 18.6. The Labute approximate surface area is 158 Å². The second-order valence-corrected chi connectivity index (χ2v) is 7.88. The van der Waals surface area contributed by atoms with Crippen LogP contribution in [0, 0.1) is 0 Å². The highest BCUT2D eigenvalue weighted by atomic mass is 16.5. The van der Waals surface area contributed by atoms with Crippen molar-refractivity contribution >= 4 is 11.9 Å². The minimum absolute atomic E-state index is 0.192. The van der Waals surface area contributed by atoms with Crippen LogP contribution in [0.5, 0.6) is 0 Å².